The molecular weight excluding hydrogens is 272 g/mol. The van der Waals surface area contributed by atoms with Gasteiger partial charge in [0.2, 0.25) is 15.5 Å². The van der Waals surface area contributed by atoms with E-state index in [1.165, 1.54) is 29.8 Å². The number of thiophene rings is 1. The average molecular weight is 284 g/mol. The minimum Gasteiger partial charge on any atom is -0.366 e. The average Bonchev–Trinajstić information content (AvgIpc) is 2.82. The normalized spacial score (nSPS) is 13.4. The predicted molar refractivity (Wildman–Crippen MR) is 70.1 cm³/mol. The molecule has 2 aromatic rings. The zero-order chi connectivity index (χ0) is 13.2. The molecule has 0 fully saturated rings. The zero-order valence-electron chi connectivity index (χ0n) is 9.58. The van der Waals surface area contributed by atoms with E-state index in [2.05, 4.69) is 9.71 Å². The summed E-state index contributed by atoms with van der Waals surface area (Å²) < 4.78 is 26.5. The van der Waals surface area contributed by atoms with Crippen LogP contribution >= 0.6 is 11.3 Å². The van der Waals surface area contributed by atoms with E-state index in [9.17, 15) is 13.2 Å². The topological polar surface area (TPSA) is 79.0 Å². The lowest BCUT2D eigenvalue weighted by atomic mass is 10.2. The van der Waals surface area contributed by atoms with Crippen LogP contribution in [0.4, 0.5) is 0 Å². The molecule has 0 aromatic carbocycles. The van der Waals surface area contributed by atoms with Crippen molar-refractivity contribution in [3.63, 3.8) is 0 Å². The highest BCUT2D eigenvalue weighted by molar-refractivity contribution is 7.89. The molecule has 2 heterocycles. The van der Waals surface area contributed by atoms with Gasteiger partial charge in [0, 0.05) is 24.5 Å². The van der Waals surface area contributed by atoms with Crippen molar-refractivity contribution in [1.29, 1.82) is 0 Å². The van der Waals surface area contributed by atoms with Gasteiger partial charge in [-0.25, -0.2) is 13.1 Å². The lowest BCUT2D eigenvalue weighted by molar-refractivity contribution is 0.566. The summed E-state index contributed by atoms with van der Waals surface area (Å²) in [6, 6.07) is 2.65. The Morgan fingerprint density at radius 3 is 2.78 bits per heavy atom. The van der Waals surface area contributed by atoms with Gasteiger partial charge in [-0.1, -0.05) is 0 Å². The smallest absolute Gasteiger partial charge is 0.246 e. The summed E-state index contributed by atoms with van der Waals surface area (Å²) in [5, 5.41) is 3.73. The summed E-state index contributed by atoms with van der Waals surface area (Å²) in [5.74, 6) is 0. The molecule has 0 radical (unpaired) electrons. The van der Waals surface area contributed by atoms with Crippen LogP contribution in [-0.2, 0) is 10.0 Å². The van der Waals surface area contributed by atoms with E-state index in [-0.39, 0.29) is 10.9 Å². The van der Waals surface area contributed by atoms with Crippen molar-refractivity contribution < 1.29 is 8.42 Å². The molecule has 7 heteroatoms. The quantitative estimate of drug-likeness (QED) is 0.892. The molecule has 18 heavy (non-hydrogen) atoms. The number of aromatic amines is 1. The zero-order valence-corrected chi connectivity index (χ0v) is 11.2. The maximum absolute atomic E-state index is 12.0. The SMILES string of the molecule is CC(NS(=O)(=O)c1c[nH]ccc1=O)c1ccsc1. The molecule has 0 aliphatic rings. The number of nitrogens with one attached hydrogen (secondary N) is 2. The summed E-state index contributed by atoms with van der Waals surface area (Å²) in [4.78, 5) is 13.8. The Morgan fingerprint density at radius 1 is 1.39 bits per heavy atom. The van der Waals surface area contributed by atoms with Crippen molar-refractivity contribution in [2.45, 2.75) is 17.9 Å². The Morgan fingerprint density at radius 2 is 2.17 bits per heavy atom. The van der Waals surface area contributed by atoms with Gasteiger partial charge in [0.05, 0.1) is 0 Å². The molecule has 0 aliphatic heterocycles. The van der Waals surface area contributed by atoms with Crippen LogP contribution < -0.4 is 10.2 Å². The maximum Gasteiger partial charge on any atom is 0.246 e. The Balaban J connectivity index is 2.29. The van der Waals surface area contributed by atoms with Crippen LogP contribution in [0.2, 0.25) is 0 Å². The van der Waals surface area contributed by atoms with Crippen LogP contribution in [0, 0.1) is 0 Å². The van der Waals surface area contributed by atoms with Crippen LogP contribution in [0.5, 0.6) is 0 Å². The van der Waals surface area contributed by atoms with Gasteiger partial charge in [0.15, 0.2) is 0 Å². The summed E-state index contributed by atoms with van der Waals surface area (Å²) in [6.45, 7) is 1.73. The number of rotatable bonds is 4. The van der Waals surface area contributed by atoms with Gasteiger partial charge in [0.25, 0.3) is 0 Å². The second-order valence-corrected chi connectivity index (χ2v) is 6.23. The minimum absolute atomic E-state index is 0.271. The molecular formula is C11H12N2O3S2. The molecule has 1 unspecified atom stereocenters. The Labute approximate surface area is 109 Å². The van der Waals surface area contributed by atoms with Gasteiger partial charge >= 0.3 is 0 Å². The standard InChI is InChI=1S/C11H12N2O3S2/c1-8(9-3-5-17-7-9)13-18(15,16)11-6-12-4-2-10(11)14/h2-8,13H,1H3,(H,12,14). The molecule has 96 valence electrons. The number of H-pyrrole nitrogens is 1. The molecule has 0 spiro atoms. The van der Waals surface area contributed by atoms with E-state index < -0.39 is 15.5 Å². The predicted octanol–water partition coefficient (Wildman–Crippen LogP) is 1.48. The Bertz CT molecular complexity index is 674. The van der Waals surface area contributed by atoms with Crippen molar-refractivity contribution in [1.82, 2.24) is 9.71 Å². The first kappa shape index (κ1) is 13.0. The van der Waals surface area contributed by atoms with Gasteiger partial charge in [-0.15, -0.1) is 0 Å². The fraction of sp³-hybridized carbons (Fsp3) is 0.182. The molecule has 0 saturated heterocycles. The molecule has 5 nitrogen and oxygen atoms in total. The third kappa shape index (κ3) is 2.69. The van der Waals surface area contributed by atoms with Crippen LogP contribution in [0.1, 0.15) is 18.5 Å². The van der Waals surface area contributed by atoms with E-state index in [4.69, 9.17) is 0 Å². The van der Waals surface area contributed by atoms with Gasteiger partial charge in [-0.2, -0.15) is 11.3 Å². The molecule has 0 aliphatic carbocycles. The number of sulfonamides is 1. The highest BCUT2D eigenvalue weighted by Gasteiger charge is 2.21. The first-order valence-corrected chi connectivity index (χ1v) is 7.65. The number of hydrogen-bond acceptors (Lipinski definition) is 4. The highest BCUT2D eigenvalue weighted by atomic mass is 32.2. The minimum atomic E-state index is -3.81. The largest absolute Gasteiger partial charge is 0.366 e. The van der Waals surface area contributed by atoms with E-state index in [1.807, 2.05) is 16.8 Å². The van der Waals surface area contributed by atoms with Gasteiger partial charge in [-0.05, 0) is 29.3 Å². The summed E-state index contributed by atoms with van der Waals surface area (Å²) in [7, 11) is -3.81. The second kappa shape index (κ2) is 5.05. The van der Waals surface area contributed by atoms with Crippen LogP contribution in [0.3, 0.4) is 0 Å². The first-order valence-electron chi connectivity index (χ1n) is 5.22. The second-order valence-electron chi connectivity index (χ2n) is 3.77. The first-order chi connectivity index (χ1) is 8.50. The summed E-state index contributed by atoms with van der Waals surface area (Å²) in [5.41, 5.74) is 0.342. The number of hydrogen-bond donors (Lipinski definition) is 2. The summed E-state index contributed by atoms with van der Waals surface area (Å²) in [6.07, 6.45) is 2.58. The van der Waals surface area contributed by atoms with Gasteiger partial charge in [-0.3, -0.25) is 4.79 Å². The van der Waals surface area contributed by atoms with Crippen molar-refractivity contribution in [3.05, 3.63) is 51.1 Å². The summed E-state index contributed by atoms with van der Waals surface area (Å²) >= 11 is 1.49. The third-order valence-electron chi connectivity index (χ3n) is 2.45. The fourth-order valence-corrected chi connectivity index (χ4v) is 3.54. The number of pyridine rings is 1. The monoisotopic (exact) mass is 284 g/mol. The van der Waals surface area contributed by atoms with Crippen molar-refractivity contribution in [2.75, 3.05) is 0 Å². The molecule has 2 rings (SSSR count). The molecule has 0 amide bonds. The molecule has 1 atom stereocenters. The van der Waals surface area contributed by atoms with E-state index in [0.717, 1.165) is 5.56 Å². The highest BCUT2D eigenvalue weighted by Crippen LogP contribution is 2.17. The van der Waals surface area contributed by atoms with Crippen molar-refractivity contribution in [2.24, 2.45) is 0 Å². The lowest BCUT2D eigenvalue weighted by Crippen LogP contribution is -2.30. The van der Waals surface area contributed by atoms with Crippen LogP contribution in [0.15, 0.2) is 45.0 Å². The molecule has 2 N–H and O–H groups in total. The van der Waals surface area contributed by atoms with Crippen molar-refractivity contribution >= 4 is 21.4 Å². The molecule has 0 bridgehead atoms. The Kier molecular flexibility index (Phi) is 3.65. The fourth-order valence-electron chi connectivity index (χ4n) is 1.50. The van der Waals surface area contributed by atoms with E-state index in [1.54, 1.807) is 6.92 Å². The lowest BCUT2D eigenvalue weighted by Gasteiger charge is -2.12. The van der Waals surface area contributed by atoms with Crippen LogP contribution in [0.25, 0.3) is 0 Å². The molecule has 0 saturated carbocycles. The number of aromatic nitrogens is 1. The van der Waals surface area contributed by atoms with Gasteiger partial charge < -0.3 is 4.98 Å². The maximum atomic E-state index is 12.0. The van der Waals surface area contributed by atoms with Crippen molar-refractivity contribution in [3.8, 4) is 0 Å². The molecule has 2 aromatic heterocycles. The van der Waals surface area contributed by atoms with E-state index >= 15 is 0 Å². The Hall–Kier alpha value is -1.44. The van der Waals surface area contributed by atoms with Crippen LogP contribution in [-0.4, -0.2) is 13.4 Å². The third-order valence-corrected chi connectivity index (χ3v) is 4.72. The van der Waals surface area contributed by atoms with Gasteiger partial charge in [0.1, 0.15) is 4.90 Å². The van der Waals surface area contributed by atoms with E-state index in [0.29, 0.717) is 0 Å².